The first-order chi connectivity index (χ1) is 11.6. The standard InChI is InChI=1S/C19H27N3O2/c1-4-7-16(9-11-23)13-21-19(24)17-12-14(2)22(15(17)3)18-8-5-6-10-20-18/h5-6,8,10,12,16,23H,4,7,9,11,13H2,1-3H3,(H,21,24). The van der Waals surface area contributed by atoms with Crippen molar-refractivity contribution in [3.8, 4) is 5.82 Å². The van der Waals surface area contributed by atoms with Crippen molar-refractivity contribution in [2.45, 2.75) is 40.0 Å². The molecule has 2 aromatic heterocycles. The van der Waals surface area contributed by atoms with Crippen LogP contribution >= 0.6 is 0 Å². The van der Waals surface area contributed by atoms with Gasteiger partial charge in [0.1, 0.15) is 5.82 Å². The van der Waals surface area contributed by atoms with Crippen LogP contribution in [0.3, 0.4) is 0 Å². The number of pyridine rings is 1. The molecule has 0 spiro atoms. The lowest BCUT2D eigenvalue weighted by atomic mass is 10.00. The maximum atomic E-state index is 12.6. The van der Waals surface area contributed by atoms with Crippen molar-refractivity contribution < 1.29 is 9.90 Å². The number of rotatable bonds is 8. The Hall–Kier alpha value is -2.14. The minimum atomic E-state index is -0.0654. The molecule has 2 rings (SSSR count). The number of nitrogens with zero attached hydrogens (tertiary/aromatic N) is 2. The van der Waals surface area contributed by atoms with E-state index in [2.05, 4.69) is 17.2 Å². The number of aryl methyl sites for hydroxylation is 1. The quantitative estimate of drug-likeness (QED) is 0.782. The maximum Gasteiger partial charge on any atom is 0.253 e. The summed E-state index contributed by atoms with van der Waals surface area (Å²) in [6, 6.07) is 7.64. The van der Waals surface area contributed by atoms with Gasteiger partial charge in [0.25, 0.3) is 5.91 Å². The lowest BCUT2D eigenvalue weighted by molar-refractivity contribution is 0.0942. The first-order valence-corrected chi connectivity index (χ1v) is 8.57. The van der Waals surface area contributed by atoms with Crippen LogP contribution in [0.5, 0.6) is 0 Å². The Morgan fingerprint density at radius 2 is 2.12 bits per heavy atom. The third-order valence-corrected chi connectivity index (χ3v) is 4.34. The molecule has 1 unspecified atom stereocenters. The van der Waals surface area contributed by atoms with Crippen molar-refractivity contribution in [3.05, 3.63) is 47.4 Å². The average molecular weight is 329 g/mol. The number of carbonyl (C=O) groups is 1. The van der Waals surface area contributed by atoms with E-state index in [1.807, 2.05) is 42.7 Å². The van der Waals surface area contributed by atoms with Gasteiger partial charge in [0.05, 0.1) is 5.56 Å². The van der Waals surface area contributed by atoms with Crippen molar-refractivity contribution in [1.29, 1.82) is 0 Å². The van der Waals surface area contributed by atoms with Gasteiger partial charge < -0.3 is 15.0 Å². The lowest BCUT2D eigenvalue weighted by Gasteiger charge is -2.15. The summed E-state index contributed by atoms with van der Waals surface area (Å²) >= 11 is 0. The van der Waals surface area contributed by atoms with Crippen molar-refractivity contribution in [2.75, 3.05) is 13.2 Å². The van der Waals surface area contributed by atoms with Gasteiger partial charge in [0.15, 0.2) is 0 Å². The van der Waals surface area contributed by atoms with Gasteiger partial charge in [0, 0.05) is 30.7 Å². The number of nitrogens with one attached hydrogen (secondary N) is 1. The zero-order chi connectivity index (χ0) is 17.5. The molecular weight excluding hydrogens is 302 g/mol. The summed E-state index contributed by atoms with van der Waals surface area (Å²) in [4.78, 5) is 16.9. The highest BCUT2D eigenvalue weighted by Crippen LogP contribution is 2.19. The number of hydrogen-bond donors (Lipinski definition) is 2. The highest BCUT2D eigenvalue weighted by atomic mass is 16.3. The summed E-state index contributed by atoms with van der Waals surface area (Å²) < 4.78 is 1.99. The van der Waals surface area contributed by atoms with Gasteiger partial charge in [-0.25, -0.2) is 4.98 Å². The largest absolute Gasteiger partial charge is 0.396 e. The van der Waals surface area contributed by atoms with Crippen LogP contribution in [0.2, 0.25) is 0 Å². The summed E-state index contributed by atoms with van der Waals surface area (Å²) in [5.74, 6) is 1.07. The molecule has 0 aliphatic heterocycles. The normalized spacial score (nSPS) is 12.2. The fourth-order valence-corrected chi connectivity index (χ4v) is 3.10. The molecule has 0 saturated carbocycles. The van der Waals surface area contributed by atoms with E-state index in [0.717, 1.165) is 36.5 Å². The van der Waals surface area contributed by atoms with Crippen LogP contribution in [-0.2, 0) is 0 Å². The van der Waals surface area contributed by atoms with E-state index in [-0.39, 0.29) is 12.5 Å². The molecule has 0 saturated heterocycles. The van der Waals surface area contributed by atoms with Gasteiger partial charge in [-0.15, -0.1) is 0 Å². The van der Waals surface area contributed by atoms with Gasteiger partial charge in [-0.3, -0.25) is 4.79 Å². The number of hydrogen-bond acceptors (Lipinski definition) is 3. The third-order valence-electron chi connectivity index (χ3n) is 4.34. The second kappa shape index (κ2) is 8.64. The number of amides is 1. The molecule has 2 aromatic rings. The van der Waals surface area contributed by atoms with Crippen molar-refractivity contribution in [1.82, 2.24) is 14.9 Å². The predicted molar refractivity (Wildman–Crippen MR) is 95.5 cm³/mol. The molecule has 130 valence electrons. The van der Waals surface area contributed by atoms with Crippen LogP contribution in [0.4, 0.5) is 0 Å². The molecule has 0 bridgehead atoms. The van der Waals surface area contributed by atoms with Gasteiger partial charge in [-0.1, -0.05) is 19.4 Å². The number of carbonyl (C=O) groups excluding carboxylic acids is 1. The molecular formula is C19H27N3O2. The van der Waals surface area contributed by atoms with E-state index in [9.17, 15) is 4.79 Å². The van der Waals surface area contributed by atoms with Crippen LogP contribution in [0.1, 0.15) is 47.9 Å². The van der Waals surface area contributed by atoms with E-state index in [1.54, 1.807) is 6.20 Å². The fourth-order valence-electron chi connectivity index (χ4n) is 3.10. The predicted octanol–water partition coefficient (Wildman–Crippen LogP) is 3.02. The Kier molecular flexibility index (Phi) is 6.55. The first-order valence-electron chi connectivity index (χ1n) is 8.57. The molecule has 0 aliphatic carbocycles. The minimum Gasteiger partial charge on any atom is -0.396 e. The van der Waals surface area contributed by atoms with E-state index >= 15 is 0 Å². The van der Waals surface area contributed by atoms with Gasteiger partial charge in [0.2, 0.25) is 0 Å². The van der Waals surface area contributed by atoms with Gasteiger partial charge in [-0.05, 0) is 50.8 Å². The van der Waals surface area contributed by atoms with Crippen molar-refractivity contribution >= 4 is 5.91 Å². The highest BCUT2D eigenvalue weighted by Gasteiger charge is 2.18. The van der Waals surface area contributed by atoms with Crippen LogP contribution in [0, 0.1) is 19.8 Å². The molecule has 2 N–H and O–H groups in total. The molecule has 1 amide bonds. The summed E-state index contributed by atoms with van der Waals surface area (Å²) in [5.41, 5.74) is 2.55. The Morgan fingerprint density at radius 3 is 2.75 bits per heavy atom. The number of aromatic nitrogens is 2. The Labute approximate surface area is 143 Å². The zero-order valence-corrected chi connectivity index (χ0v) is 14.7. The van der Waals surface area contributed by atoms with Gasteiger partial charge >= 0.3 is 0 Å². The van der Waals surface area contributed by atoms with E-state index in [1.165, 1.54) is 0 Å². The van der Waals surface area contributed by atoms with Crippen LogP contribution < -0.4 is 5.32 Å². The van der Waals surface area contributed by atoms with Crippen LogP contribution in [0.25, 0.3) is 5.82 Å². The summed E-state index contributed by atoms with van der Waals surface area (Å²) in [5, 5.41) is 12.2. The second-order valence-corrected chi connectivity index (χ2v) is 6.19. The Bertz CT molecular complexity index is 659. The first kappa shape index (κ1) is 18.2. The zero-order valence-electron chi connectivity index (χ0n) is 14.7. The van der Waals surface area contributed by atoms with Crippen molar-refractivity contribution in [2.24, 2.45) is 5.92 Å². The van der Waals surface area contributed by atoms with Crippen LogP contribution in [-0.4, -0.2) is 33.7 Å². The summed E-state index contributed by atoms with van der Waals surface area (Å²) in [7, 11) is 0. The summed E-state index contributed by atoms with van der Waals surface area (Å²) in [6.07, 6.45) is 4.53. The average Bonchev–Trinajstić information content (AvgIpc) is 2.88. The monoisotopic (exact) mass is 329 g/mol. The molecule has 5 nitrogen and oxygen atoms in total. The molecule has 0 fully saturated rings. The molecule has 2 heterocycles. The Morgan fingerprint density at radius 1 is 1.33 bits per heavy atom. The van der Waals surface area contributed by atoms with Gasteiger partial charge in [-0.2, -0.15) is 0 Å². The lowest BCUT2D eigenvalue weighted by Crippen LogP contribution is -2.30. The third kappa shape index (κ3) is 4.23. The summed E-state index contributed by atoms with van der Waals surface area (Å²) in [6.45, 7) is 6.79. The Balaban J connectivity index is 2.13. The molecule has 0 radical (unpaired) electrons. The SMILES string of the molecule is CCCC(CCO)CNC(=O)c1cc(C)n(-c2ccccn2)c1C. The van der Waals surface area contributed by atoms with E-state index < -0.39 is 0 Å². The maximum absolute atomic E-state index is 12.6. The smallest absolute Gasteiger partial charge is 0.253 e. The molecule has 5 heteroatoms. The van der Waals surface area contributed by atoms with Crippen LogP contribution in [0.15, 0.2) is 30.5 Å². The molecule has 0 aliphatic rings. The fraction of sp³-hybridized carbons (Fsp3) is 0.474. The molecule has 0 aromatic carbocycles. The number of aliphatic hydroxyl groups is 1. The van der Waals surface area contributed by atoms with E-state index in [0.29, 0.717) is 18.0 Å². The number of aliphatic hydroxyl groups excluding tert-OH is 1. The van der Waals surface area contributed by atoms with E-state index in [4.69, 9.17) is 5.11 Å². The molecule has 24 heavy (non-hydrogen) atoms. The second-order valence-electron chi connectivity index (χ2n) is 6.19. The topological polar surface area (TPSA) is 67.2 Å². The van der Waals surface area contributed by atoms with Crippen molar-refractivity contribution in [3.63, 3.8) is 0 Å². The minimum absolute atomic E-state index is 0.0654. The molecule has 1 atom stereocenters. The highest BCUT2D eigenvalue weighted by molar-refractivity contribution is 5.95.